The minimum Gasteiger partial charge on any atom is -0.458 e. The SMILES string of the molecule is CC(C)(C)c1ccc(C2C(C#N)=C(N)OC3NNC(c4cccnc4)C32)cc1. The molecular formula is C22H25N5O. The average molecular weight is 375 g/mol. The molecule has 0 aliphatic carbocycles. The van der Waals surface area contributed by atoms with E-state index in [4.69, 9.17) is 10.5 Å². The van der Waals surface area contributed by atoms with Crippen LogP contribution in [0, 0.1) is 17.2 Å². The molecule has 3 heterocycles. The molecule has 0 spiro atoms. The Morgan fingerprint density at radius 3 is 2.46 bits per heavy atom. The van der Waals surface area contributed by atoms with Crippen molar-refractivity contribution < 1.29 is 4.74 Å². The molecule has 6 heteroatoms. The number of hydrazine groups is 1. The van der Waals surface area contributed by atoms with Crippen LogP contribution < -0.4 is 16.6 Å². The lowest BCUT2D eigenvalue weighted by atomic mass is 9.73. The van der Waals surface area contributed by atoms with Gasteiger partial charge in [0.05, 0.1) is 11.6 Å². The lowest BCUT2D eigenvalue weighted by molar-refractivity contribution is 0.0340. The van der Waals surface area contributed by atoms with Gasteiger partial charge < -0.3 is 10.5 Å². The number of hydrogen-bond acceptors (Lipinski definition) is 6. The fourth-order valence-electron chi connectivity index (χ4n) is 4.13. The molecule has 144 valence electrons. The van der Waals surface area contributed by atoms with E-state index in [2.05, 4.69) is 66.9 Å². The van der Waals surface area contributed by atoms with Gasteiger partial charge in [0.25, 0.3) is 0 Å². The molecule has 6 nitrogen and oxygen atoms in total. The van der Waals surface area contributed by atoms with Crippen molar-refractivity contribution in [2.24, 2.45) is 11.7 Å². The highest BCUT2D eigenvalue weighted by Crippen LogP contribution is 2.47. The second-order valence-electron chi connectivity index (χ2n) is 8.41. The summed E-state index contributed by atoms with van der Waals surface area (Å²) in [6.07, 6.45) is 3.27. The number of allylic oxidation sites excluding steroid dienone is 1. The largest absolute Gasteiger partial charge is 0.458 e. The van der Waals surface area contributed by atoms with Crippen molar-refractivity contribution in [3.05, 3.63) is 76.9 Å². The van der Waals surface area contributed by atoms with Gasteiger partial charge in [-0.05, 0) is 28.2 Å². The summed E-state index contributed by atoms with van der Waals surface area (Å²) in [5, 5.41) is 9.83. The summed E-state index contributed by atoms with van der Waals surface area (Å²) in [6.45, 7) is 6.57. The summed E-state index contributed by atoms with van der Waals surface area (Å²) in [5.74, 6) is -0.0214. The predicted molar refractivity (Wildman–Crippen MR) is 106 cm³/mol. The first-order chi connectivity index (χ1) is 13.4. The van der Waals surface area contributed by atoms with Crippen molar-refractivity contribution in [3.8, 4) is 6.07 Å². The minimum atomic E-state index is -0.324. The third-order valence-corrected chi connectivity index (χ3v) is 5.63. The van der Waals surface area contributed by atoms with Crippen LogP contribution in [-0.4, -0.2) is 11.2 Å². The summed E-state index contributed by atoms with van der Waals surface area (Å²) in [6, 6.07) is 14.7. The molecule has 2 aliphatic rings. The number of nitrogens with zero attached hydrogens (tertiary/aromatic N) is 2. The van der Waals surface area contributed by atoms with Crippen LogP contribution in [0.25, 0.3) is 0 Å². The molecule has 0 radical (unpaired) electrons. The average Bonchev–Trinajstić information content (AvgIpc) is 3.10. The number of nitrogens with one attached hydrogen (secondary N) is 2. The zero-order valence-corrected chi connectivity index (χ0v) is 16.3. The maximum Gasteiger partial charge on any atom is 0.200 e. The summed E-state index contributed by atoms with van der Waals surface area (Å²) in [7, 11) is 0. The van der Waals surface area contributed by atoms with E-state index in [0.717, 1.165) is 11.1 Å². The Morgan fingerprint density at radius 1 is 1.11 bits per heavy atom. The second-order valence-corrected chi connectivity index (χ2v) is 8.41. The molecule has 0 amide bonds. The van der Waals surface area contributed by atoms with Gasteiger partial charge in [0, 0.05) is 24.2 Å². The summed E-state index contributed by atoms with van der Waals surface area (Å²) >= 11 is 0. The van der Waals surface area contributed by atoms with Crippen LogP contribution in [0.4, 0.5) is 0 Å². The Morgan fingerprint density at radius 2 is 1.86 bits per heavy atom. The van der Waals surface area contributed by atoms with E-state index in [0.29, 0.717) is 5.57 Å². The van der Waals surface area contributed by atoms with Crippen molar-refractivity contribution in [1.29, 1.82) is 5.26 Å². The van der Waals surface area contributed by atoms with Crippen molar-refractivity contribution in [2.45, 2.75) is 44.4 Å². The first-order valence-corrected chi connectivity index (χ1v) is 9.48. The Hall–Kier alpha value is -2.88. The highest BCUT2D eigenvalue weighted by Gasteiger charge is 2.49. The van der Waals surface area contributed by atoms with E-state index < -0.39 is 0 Å². The molecule has 1 saturated heterocycles. The molecule has 28 heavy (non-hydrogen) atoms. The van der Waals surface area contributed by atoms with Crippen LogP contribution >= 0.6 is 0 Å². The first kappa shape index (κ1) is 18.5. The van der Waals surface area contributed by atoms with E-state index in [-0.39, 0.29) is 35.4 Å². The van der Waals surface area contributed by atoms with E-state index in [1.54, 1.807) is 6.20 Å². The third-order valence-electron chi connectivity index (χ3n) is 5.63. The van der Waals surface area contributed by atoms with Gasteiger partial charge in [0.1, 0.15) is 6.07 Å². The van der Waals surface area contributed by atoms with Crippen LogP contribution in [0.1, 0.15) is 49.4 Å². The van der Waals surface area contributed by atoms with E-state index in [1.807, 2.05) is 18.3 Å². The van der Waals surface area contributed by atoms with Crippen LogP contribution in [0.15, 0.2) is 60.2 Å². The quantitative estimate of drug-likeness (QED) is 0.747. The maximum atomic E-state index is 9.83. The monoisotopic (exact) mass is 375 g/mol. The van der Waals surface area contributed by atoms with E-state index in [9.17, 15) is 5.26 Å². The normalized spacial score (nSPS) is 27.1. The van der Waals surface area contributed by atoms with Gasteiger partial charge in [-0.1, -0.05) is 51.1 Å². The van der Waals surface area contributed by atoms with Gasteiger partial charge in [-0.2, -0.15) is 5.26 Å². The Bertz CT molecular complexity index is 924. The minimum absolute atomic E-state index is 0.0355. The Labute approximate surface area is 165 Å². The lowest BCUT2D eigenvalue weighted by Crippen LogP contribution is -2.41. The summed E-state index contributed by atoms with van der Waals surface area (Å²) in [5.41, 5.74) is 16.5. The molecule has 1 fully saturated rings. The number of fused-ring (bicyclic) bond motifs is 1. The number of ether oxygens (including phenoxy) is 1. The maximum absolute atomic E-state index is 9.83. The Balaban J connectivity index is 1.79. The van der Waals surface area contributed by atoms with Gasteiger partial charge in [0.15, 0.2) is 6.23 Å². The Kier molecular flexibility index (Phi) is 4.58. The third kappa shape index (κ3) is 3.13. The van der Waals surface area contributed by atoms with Crippen molar-refractivity contribution in [3.63, 3.8) is 0 Å². The van der Waals surface area contributed by atoms with E-state index >= 15 is 0 Å². The number of rotatable bonds is 2. The highest BCUT2D eigenvalue weighted by molar-refractivity contribution is 5.43. The number of hydrogen-bond donors (Lipinski definition) is 3. The molecule has 1 aromatic heterocycles. The van der Waals surface area contributed by atoms with Gasteiger partial charge in [-0.25, -0.2) is 10.9 Å². The zero-order chi connectivity index (χ0) is 19.9. The van der Waals surface area contributed by atoms with Gasteiger partial charge in [-0.3, -0.25) is 4.98 Å². The summed E-state index contributed by atoms with van der Waals surface area (Å²) in [4.78, 5) is 4.25. The van der Waals surface area contributed by atoms with Crippen LogP contribution in [-0.2, 0) is 10.2 Å². The van der Waals surface area contributed by atoms with E-state index in [1.165, 1.54) is 5.56 Å². The number of aromatic nitrogens is 1. The van der Waals surface area contributed by atoms with Crippen LogP contribution in [0.3, 0.4) is 0 Å². The molecule has 0 saturated carbocycles. The topological polar surface area (TPSA) is 96.0 Å². The fourth-order valence-corrected chi connectivity index (χ4v) is 4.13. The molecule has 4 unspecified atom stereocenters. The number of benzene rings is 1. The molecule has 2 aromatic rings. The molecule has 2 aliphatic heterocycles. The molecule has 4 N–H and O–H groups in total. The molecule has 4 rings (SSSR count). The number of nitriles is 1. The number of nitrogens with two attached hydrogens (primary N) is 1. The molecule has 1 aromatic carbocycles. The highest BCUT2D eigenvalue weighted by atomic mass is 16.5. The van der Waals surface area contributed by atoms with Crippen molar-refractivity contribution in [2.75, 3.05) is 0 Å². The van der Waals surface area contributed by atoms with Crippen LogP contribution in [0.5, 0.6) is 0 Å². The summed E-state index contributed by atoms with van der Waals surface area (Å²) < 4.78 is 5.84. The first-order valence-electron chi connectivity index (χ1n) is 9.48. The number of pyridine rings is 1. The lowest BCUT2D eigenvalue weighted by Gasteiger charge is -2.36. The van der Waals surface area contributed by atoms with Gasteiger partial charge in [0.2, 0.25) is 5.88 Å². The van der Waals surface area contributed by atoms with Gasteiger partial charge in [-0.15, -0.1) is 0 Å². The fraction of sp³-hybridized carbons (Fsp3) is 0.364. The second kappa shape index (κ2) is 6.93. The van der Waals surface area contributed by atoms with Crippen molar-refractivity contribution >= 4 is 0 Å². The smallest absolute Gasteiger partial charge is 0.200 e. The zero-order valence-electron chi connectivity index (χ0n) is 16.3. The molecular weight excluding hydrogens is 350 g/mol. The predicted octanol–water partition coefficient (Wildman–Crippen LogP) is 2.98. The molecule has 0 bridgehead atoms. The van der Waals surface area contributed by atoms with Crippen LogP contribution in [0.2, 0.25) is 0 Å². The standard InChI is InChI=1S/C22H25N5O/c1-22(2,3)15-8-6-13(7-9-15)17-16(11-23)20(24)28-21-18(17)19(26-27-21)14-5-4-10-25-12-14/h4-10,12,17-19,21,26-27H,24H2,1-3H3. The van der Waals surface area contributed by atoms with Gasteiger partial charge >= 0.3 is 0 Å². The van der Waals surface area contributed by atoms with Crippen molar-refractivity contribution in [1.82, 2.24) is 15.8 Å². The molecule has 4 atom stereocenters.